The Morgan fingerprint density at radius 2 is 2.06 bits per heavy atom. The van der Waals surface area contributed by atoms with Gasteiger partial charge in [0.25, 0.3) is 0 Å². The molecule has 2 fully saturated rings. The Balaban J connectivity index is 1.48. The molecule has 2 aromatic carbocycles. The second-order valence-corrected chi connectivity index (χ2v) is 9.66. The number of hydrogen-bond donors (Lipinski definition) is 3. The molecule has 2 heterocycles. The average Bonchev–Trinajstić information content (AvgIpc) is 3.33. The van der Waals surface area contributed by atoms with Crippen molar-refractivity contribution >= 4 is 46.2 Å². The highest BCUT2D eigenvalue weighted by atomic mass is 35.5. The molecule has 2 aliphatic heterocycles. The van der Waals surface area contributed by atoms with Gasteiger partial charge in [-0.3, -0.25) is 4.79 Å². The molecule has 2 saturated heterocycles. The highest BCUT2D eigenvalue weighted by Crippen LogP contribution is 2.35. The first-order valence-electron chi connectivity index (χ1n) is 11.4. The van der Waals surface area contributed by atoms with Gasteiger partial charge in [-0.1, -0.05) is 29.3 Å². The van der Waals surface area contributed by atoms with Crippen molar-refractivity contribution in [3.63, 3.8) is 0 Å². The van der Waals surface area contributed by atoms with Gasteiger partial charge in [-0.25, -0.2) is 5.53 Å². The monoisotopic (exact) mass is 488 g/mol. The first-order valence-corrected chi connectivity index (χ1v) is 12.1. The molecular weight excluding hydrogens is 459 g/mol. The van der Waals surface area contributed by atoms with E-state index < -0.39 is 0 Å². The smallest absolute Gasteiger partial charge is 0.240 e. The molecule has 3 N–H and O–H groups in total. The normalized spacial score (nSPS) is 21.7. The summed E-state index contributed by atoms with van der Waals surface area (Å²) in [5.74, 6) is 0.221. The third kappa shape index (κ3) is 5.26. The Labute approximate surface area is 204 Å². The van der Waals surface area contributed by atoms with Gasteiger partial charge in [0.1, 0.15) is 5.69 Å². The molecule has 4 rings (SSSR count). The number of carbonyl (C=O) groups excluding carboxylic acids is 1. The van der Waals surface area contributed by atoms with Crippen molar-refractivity contribution in [3.05, 3.63) is 52.0 Å². The van der Waals surface area contributed by atoms with E-state index in [0.29, 0.717) is 22.3 Å². The molecule has 0 radical (unpaired) electrons. The van der Waals surface area contributed by atoms with Crippen LogP contribution in [0.1, 0.15) is 38.3 Å². The predicted octanol–water partition coefficient (Wildman–Crippen LogP) is 5.62. The summed E-state index contributed by atoms with van der Waals surface area (Å²) in [7, 11) is 0. The van der Waals surface area contributed by atoms with Crippen LogP contribution in [0.3, 0.4) is 0 Å². The van der Waals surface area contributed by atoms with E-state index in [1.807, 2.05) is 42.2 Å². The van der Waals surface area contributed by atoms with Crippen molar-refractivity contribution in [2.24, 2.45) is 5.11 Å². The number of carbonyl (C=O) groups is 1. The van der Waals surface area contributed by atoms with E-state index in [1.165, 1.54) is 0 Å². The molecule has 0 saturated carbocycles. The zero-order valence-electron chi connectivity index (χ0n) is 18.9. The maximum Gasteiger partial charge on any atom is 0.240 e. The number of nitrogens with zero attached hydrogens (tertiary/aromatic N) is 3. The van der Waals surface area contributed by atoms with Crippen molar-refractivity contribution in [2.75, 3.05) is 36.4 Å². The van der Waals surface area contributed by atoms with Gasteiger partial charge in [0, 0.05) is 41.4 Å². The molecule has 2 aliphatic rings. The molecule has 3 atom stereocenters. The second-order valence-electron chi connectivity index (χ2n) is 8.82. The largest absolute Gasteiger partial charge is 0.377 e. The maximum absolute atomic E-state index is 12.9. The van der Waals surface area contributed by atoms with Gasteiger partial charge in [-0.2, -0.15) is 5.11 Å². The fourth-order valence-electron chi connectivity index (χ4n) is 4.71. The minimum Gasteiger partial charge on any atom is -0.377 e. The lowest BCUT2D eigenvalue weighted by atomic mass is 10.1. The molecule has 7 nitrogen and oxygen atoms in total. The quantitative estimate of drug-likeness (QED) is 0.460. The van der Waals surface area contributed by atoms with Crippen LogP contribution in [0.15, 0.2) is 41.5 Å². The zero-order valence-corrected chi connectivity index (χ0v) is 20.5. The highest BCUT2D eigenvalue weighted by Gasteiger charge is 2.33. The Bertz CT molecular complexity index is 1030. The van der Waals surface area contributed by atoms with Gasteiger partial charge in [-0.05, 0) is 69.1 Å². The fourth-order valence-corrected chi connectivity index (χ4v) is 5.28. The fraction of sp³-hybridized carbons (Fsp3) is 0.458. The molecule has 0 aromatic heterocycles. The lowest BCUT2D eigenvalue weighted by Crippen LogP contribution is -2.57. The van der Waals surface area contributed by atoms with E-state index in [9.17, 15) is 4.79 Å². The van der Waals surface area contributed by atoms with E-state index in [2.05, 4.69) is 27.6 Å². The van der Waals surface area contributed by atoms with Crippen molar-refractivity contribution < 1.29 is 4.79 Å². The van der Waals surface area contributed by atoms with Gasteiger partial charge in [0.2, 0.25) is 5.91 Å². The summed E-state index contributed by atoms with van der Waals surface area (Å²) in [4.78, 5) is 17.2. The van der Waals surface area contributed by atoms with Crippen molar-refractivity contribution in [1.82, 2.24) is 10.2 Å². The number of hydrogen-bond acceptors (Lipinski definition) is 6. The minimum atomic E-state index is -0.0992. The number of nitrogens with one attached hydrogen (secondary N) is 3. The van der Waals surface area contributed by atoms with Crippen LogP contribution < -0.4 is 15.5 Å². The van der Waals surface area contributed by atoms with Gasteiger partial charge in [-0.15, -0.1) is 0 Å². The van der Waals surface area contributed by atoms with Crippen LogP contribution in [0.25, 0.3) is 0 Å². The molecule has 1 amide bonds. The maximum atomic E-state index is 12.9. The summed E-state index contributed by atoms with van der Waals surface area (Å²) in [6.07, 6.45) is 1.99. The van der Waals surface area contributed by atoms with Crippen LogP contribution in [0.5, 0.6) is 0 Å². The molecule has 1 unspecified atom stereocenters. The number of halogens is 2. The molecule has 176 valence electrons. The Kier molecular flexibility index (Phi) is 7.41. The van der Waals surface area contributed by atoms with E-state index in [4.69, 9.17) is 28.7 Å². The van der Waals surface area contributed by atoms with Crippen LogP contribution >= 0.6 is 23.2 Å². The van der Waals surface area contributed by atoms with Crippen LogP contribution in [0.4, 0.5) is 17.1 Å². The van der Waals surface area contributed by atoms with E-state index in [0.717, 1.165) is 49.4 Å². The Hall–Kier alpha value is -2.35. The lowest BCUT2D eigenvalue weighted by Gasteiger charge is -2.42. The van der Waals surface area contributed by atoms with Gasteiger partial charge >= 0.3 is 0 Å². The standard InChI is InChI=1S/C24H30Cl2N6O/c1-15-14-31(10-11-32(15)24(33)22-4-3-9-28-22)18-6-8-21(30-27)23(13-18)29-16(2)19-7-5-17(25)12-20(19)26/h5-8,12-13,15-16,22,27-29H,3-4,9-11,14H2,1-2H3/t15-,16?,22-/m1/s1. The third-order valence-corrected chi connectivity index (χ3v) is 7.10. The van der Waals surface area contributed by atoms with E-state index >= 15 is 0 Å². The number of rotatable bonds is 6. The third-order valence-electron chi connectivity index (χ3n) is 6.54. The van der Waals surface area contributed by atoms with Crippen molar-refractivity contribution in [1.29, 1.82) is 5.53 Å². The van der Waals surface area contributed by atoms with Crippen LogP contribution in [0, 0.1) is 5.53 Å². The molecule has 33 heavy (non-hydrogen) atoms. The first kappa shape index (κ1) is 23.8. The van der Waals surface area contributed by atoms with Gasteiger partial charge in [0.15, 0.2) is 0 Å². The van der Waals surface area contributed by atoms with Crippen LogP contribution in [0.2, 0.25) is 10.0 Å². The minimum absolute atomic E-state index is 0.0334. The molecule has 0 spiro atoms. The summed E-state index contributed by atoms with van der Waals surface area (Å²) in [5, 5.41) is 11.6. The SMILES string of the molecule is CC(Nc1cc(N2CCN(C(=O)[C@H]3CCCN3)[C@H](C)C2)ccc1N=N)c1ccc(Cl)cc1Cl. The van der Waals surface area contributed by atoms with E-state index in [-0.39, 0.29) is 24.0 Å². The highest BCUT2D eigenvalue weighted by molar-refractivity contribution is 6.35. The van der Waals surface area contributed by atoms with Crippen LogP contribution in [-0.2, 0) is 4.79 Å². The molecule has 9 heteroatoms. The molecule has 0 aliphatic carbocycles. The van der Waals surface area contributed by atoms with Gasteiger partial charge in [0.05, 0.1) is 17.8 Å². The molecule has 0 bridgehead atoms. The average molecular weight is 489 g/mol. The Morgan fingerprint density at radius 3 is 2.73 bits per heavy atom. The lowest BCUT2D eigenvalue weighted by molar-refractivity contribution is -0.135. The summed E-state index contributed by atoms with van der Waals surface area (Å²) in [6.45, 7) is 7.26. The summed E-state index contributed by atoms with van der Waals surface area (Å²) in [5.41, 5.74) is 10.9. The summed E-state index contributed by atoms with van der Waals surface area (Å²) < 4.78 is 0. The number of anilines is 2. The number of piperazine rings is 1. The first-order chi connectivity index (χ1) is 15.9. The van der Waals surface area contributed by atoms with E-state index in [1.54, 1.807) is 6.07 Å². The second kappa shape index (κ2) is 10.3. The molecule has 2 aromatic rings. The predicted molar refractivity (Wildman–Crippen MR) is 134 cm³/mol. The summed E-state index contributed by atoms with van der Waals surface area (Å²) in [6, 6.07) is 11.3. The number of benzene rings is 2. The summed E-state index contributed by atoms with van der Waals surface area (Å²) >= 11 is 12.4. The topological polar surface area (TPSA) is 83.8 Å². The van der Waals surface area contributed by atoms with Crippen molar-refractivity contribution in [2.45, 2.75) is 44.8 Å². The van der Waals surface area contributed by atoms with Gasteiger partial charge < -0.3 is 20.4 Å². The van der Waals surface area contributed by atoms with Crippen LogP contribution in [-0.4, -0.2) is 49.1 Å². The molecular formula is C24H30Cl2N6O. The Morgan fingerprint density at radius 1 is 1.24 bits per heavy atom. The zero-order chi connectivity index (χ0) is 23.5. The number of amides is 1. The van der Waals surface area contributed by atoms with Crippen molar-refractivity contribution in [3.8, 4) is 0 Å².